The normalized spacial score (nSPS) is 16.7. The van der Waals surface area contributed by atoms with Crippen molar-refractivity contribution in [1.29, 1.82) is 0 Å². The number of nitrogens with zero attached hydrogens (tertiary/aromatic N) is 1. The Kier molecular flexibility index (Phi) is 10.1. The van der Waals surface area contributed by atoms with Crippen molar-refractivity contribution in [1.82, 2.24) is 5.48 Å². The number of benzene rings is 2. The second-order valence-corrected chi connectivity index (χ2v) is 8.38. The molecule has 3 nitrogen and oxygen atoms in total. The Balaban J connectivity index is 0.00000167. The summed E-state index contributed by atoms with van der Waals surface area (Å²) in [6, 6.07) is 17.5. The first-order valence-electron chi connectivity index (χ1n) is 12.8. The van der Waals surface area contributed by atoms with Crippen molar-refractivity contribution in [3.05, 3.63) is 113 Å². The molecule has 0 saturated heterocycles. The number of unbranched alkanes of at least 4 members (excludes halogenated alkanes) is 2. The number of nitrogens with one attached hydrogen (secondary N) is 1. The molecule has 4 rings (SSSR count). The Bertz CT molecular complexity index is 1150. The van der Waals surface area contributed by atoms with Crippen molar-refractivity contribution in [3.8, 4) is 11.1 Å². The topological polar surface area (TPSA) is 33.6 Å². The number of fused-ring (bicyclic) bond motifs is 1. The monoisotopic (exact) mass is 466 g/mol. The molecule has 0 radical (unpaired) electrons. The molecular formula is C32H38N2O. The zero-order valence-electron chi connectivity index (χ0n) is 21.6. The van der Waals surface area contributed by atoms with E-state index < -0.39 is 0 Å². The minimum atomic E-state index is 0.0492. The molecule has 2 aromatic rings. The second kappa shape index (κ2) is 13.5. The molecule has 1 atom stereocenters. The first kappa shape index (κ1) is 26.2. The van der Waals surface area contributed by atoms with Gasteiger partial charge in [0.1, 0.15) is 0 Å². The Hall–Kier alpha value is -3.43. The van der Waals surface area contributed by atoms with Crippen molar-refractivity contribution < 1.29 is 4.84 Å². The summed E-state index contributed by atoms with van der Waals surface area (Å²) in [4.78, 5) is 10.0. The molecule has 1 unspecified atom stereocenters. The van der Waals surface area contributed by atoms with E-state index in [4.69, 9.17) is 4.84 Å². The lowest BCUT2D eigenvalue weighted by Gasteiger charge is -2.13. The number of rotatable bonds is 9. The smallest absolute Gasteiger partial charge is 0.159 e. The van der Waals surface area contributed by atoms with Gasteiger partial charge in [0.25, 0.3) is 0 Å². The van der Waals surface area contributed by atoms with Gasteiger partial charge >= 0.3 is 0 Å². The zero-order valence-corrected chi connectivity index (χ0v) is 21.6. The maximum atomic E-state index is 5.91. The van der Waals surface area contributed by atoms with Crippen molar-refractivity contribution in [2.75, 3.05) is 0 Å². The molecule has 0 saturated carbocycles. The Morgan fingerprint density at radius 3 is 2.54 bits per heavy atom. The first-order chi connectivity index (χ1) is 17.2. The van der Waals surface area contributed by atoms with Crippen LogP contribution >= 0.6 is 0 Å². The maximum absolute atomic E-state index is 5.91. The summed E-state index contributed by atoms with van der Waals surface area (Å²) in [5.74, 6) is 0.869. The largest absolute Gasteiger partial charge is 0.407 e. The van der Waals surface area contributed by atoms with E-state index in [-0.39, 0.29) is 6.04 Å². The summed E-state index contributed by atoms with van der Waals surface area (Å²) < 4.78 is 0. The van der Waals surface area contributed by atoms with Crippen LogP contribution < -0.4 is 5.48 Å². The lowest BCUT2D eigenvalue weighted by atomic mass is 9.91. The van der Waals surface area contributed by atoms with Gasteiger partial charge in [0.05, 0.1) is 6.04 Å². The summed E-state index contributed by atoms with van der Waals surface area (Å²) in [5, 5.41) is 0. The molecule has 182 valence electrons. The average Bonchev–Trinajstić information content (AvgIpc) is 3.34. The van der Waals surface area contributed by atoms with Gasteiger partial charge in [-0.3, -0.25) is 4.99 Å². The number of hydrogen-bond donors (Lipinski definition) is 1. The van der Waals surface area contributed by atoms with Crippen LogP contribution in [0.15, 0.2) is 107 Å². The lowest BCUT2D eigenvalue weighted by molar-refractivity contribution is 0.173. The molecule has 0 fully saturated rings. The van der Waals surface area contributed by atoms with E-state index in [0.717, 1.165) is 34.5 Å². The fourth-order valence-electron chi connectivity index (χ4n) is 4.23. The highest BCUT2D eigenvalue weighted by Gasteiger charge is 2.27. The van der Waals surface area contributed by atoms with Crippen LogP contribution in [0.3, 0.4) is 0 Å². The van der Waals surface area contributed by atoms with Crippen LogP contribution in [0.25, 0.3) is 16.9 Å². The second-order valence-electron chi connectivity index (χ2n) is 8.38. The summed E-state index contributed by atoms with van der Waals surface area (Å²) in [6.07, 6.45) is 16.7. The summed E-state index contributed by atoms with van der Waals surface area (Å²) in [5.41, 5.74) is 11.3. The van der Waals surface area contributed by atoms with Crippen LogP contribution in [0.2, 0.25) is 0 Å². The SMILES string of the molecule is C=C(/C=C\N=CC)C1=CC2=C(c3ccc(-c4ccccc4CCCCC)cc3)ONC2C=C1.CC. The van der Waals surface area contributed by atoms with Crippen LogP contribution in [-0.4, -0.2) is 12.3 Å². The highest BCUT2D eigenvalue weighted by molar-refractivity contribution is 5.75. The standard InChI is InChI=1S/C30H32N2O.C2H6/c1-4-6-7-10-23-11-8-9-12-27(23)24-13-15-25(16-14-24)30-28-21-26(17-18-29(28)32-33-30)22(3)19-20-31-5-2;1-2/h5,8-9,11-21,29,32H,3-4,6-7,10H2,1-2H3;1-2H3/b20-19-,31-5?;. The van der Waals surface area contributed by atoms with Crippen molar-refractivity contribution in [2.45, 2.75) is 59.4 Å². The molecule has 0 spiro atoms. The predicted octanol–water partition coefficient (Wildman–Crippen LogP) is 8.38. The summed E-state index contributed by atoms with van der Waals surface area (Å²) in [7, 11) is 0. The third-order valence-electron chi connectivity index (χ3n) is 6.07. The molecule has 0 amide bonds. The minimum Gasteiger partial charge on any atom is -0.407 e. The van der Waals surface area contributed by atoms with Crippen molar-refractivity contribution in [3.63, 3.8) is 0 Å². The number of hydrogen-bond acceptors (Lipinski definition) is 3. The molecule has 2 aromatic carbocycles. The molecule has 0 bridgehead atoms. The van der Waals surface area contributed by atoms with Gasteiger partial charge in [-0.1, -0.05) is 101 Å². The Morgan fingerprint density at radius 1 is 1.06 bits per heavy atom. The van der Waals surface area contributed by atoms with Crippen LogP contribution in [0, 0.1) is 0 Å². The summed E-state index contributed by atoms with van der Waals surface area (Å²) in [6.45, 7) is 12.3. The van der Waals surface area contributed by atoms with E-state index in [9.17, 15) is 0 Å². The van der Waals surface area contributed by atoms with Crippen molar-refractivity contribution in [2.24, 2.45) is 4.99 Å². The number of aryl methyl sites for hydroxylation is 1. The highest BCUT2D eigenvalue weighted by Crippen LogP contribution is 2.34. The van der Waals surface area contributed by atoms with E-state index >= 15 is 0 Å². The van der Waals surface area contributed by atoms with E-state index in [1.54, 1.807) is 12.4 Å². The minimum absolute atomic E-state index is 0.0492. The average molecular weight is 467 g/mol. The Morgan fingerprint density at radius 2 is 1.80 bits per heavy atom. The molecule has 35 heavy (non-hydrogen) atoms. The van der Waals surface area contributed by atoms with Crippen LogP contribution in [-0.2, 0) is 11.3 Å². The first-order valence-corrected chi connectivity index (χ1v) is 12.8. The van der Waals surface area contributed by atoms with Gasteiger partial charge in [0.15, 0.2) is 5.76 Å². The third kappa shape index (κ3) is 6.58. The molecule has 1 aliphatic heterocycles. The predicted molar refractivity (Wildman–Crippen MR) is 151 cm³/mol. The maximum Gasteiger partial charge on any atom is 0.159 e. The van der Waals surface area contributed by atoms with Crippen LogP contribution in [0.4, 0.5) is 0 Å². The van der Waals surface area contributed by atoms with E-state index in [0.29, 0.717) is 0 Å². The molecule has 1 N–H and O–H groups in total. The molecule has 2 aliphatic rings. The number of allylic oxidation sites excluding steroid dienone is 4. The van der Waals surface area contributed by atoms with E-state index in [1.165, 1.54) is 36.0 Å². The van der Waals surface area contributed by atoms with Crippen LogP contribution in [0.5, 0.6) is 0 Å². The fourth-order valence-corrected chi connectivity index (χ4v) is 4.23. The molecule has 1 heterocycles. The van der Waals surface area contributed by atoms with Gasteiger partial charge in [-0.2, -0.15) is 0 Å². The van der Waals surface area contributed by atoms with Gasteiger partial charge in [0, 0.05) is 23.6 Å². The van der Waals surface area contributed by atoms with Crippen molar-refractivity contribution >= 4 is 12.0 Å². The number of hydroxylamine groups is 1. The van der Waals surface area contributed by atoms with Crippen LogP contribution in [0.1, 0.15) is 58.1 Å². The van der Waals surface area contributed by atoms with E-state index in [1.807, 2.05) is 26.8 Å². The molecule has 1 aliphatic carbocycles. The quantitative estimate of drug-likeness (QED) is 0.229. The summed E-state index contributed by atoms with van der Waals surface area (Å²) >= 11 is 0. The Labute approximate surface area is 211 Å². The van der Waals surface area contributed by atoms with Gasteiger partial charge in [-0.25, -0.2) is 0 Å². The third-order valence-corrected chi connectivity index (χ3v) is 6.07. The van der Waals surface area contributed by atoms with Gasteiger partial charge in [-0.15, -0.1) is 5.48 Å². The van der Waals surface area contributed by atoms with Gasteiger partial charge < -0.3 is 4.84 Å². The van der Waals surface area contributed by atoms with E-state index in [2.05, 4.69) is 90.7 Å². The molecular weight excluding hydrogens is 428 g/mol. The lowest BCUT2D eigenvalue weighted by Crippen LogP contribution is -2.22. The highest BCUT2D eigenvalue weighted by atomic mass is 16.7. The molecule has 0 aromatic heterocycles. The zero-order chi connectivity index (χ0) is 25.0. The molecule has 3 heteroatoms. The van der Waals surface area contributed by atoms with Gasteiger partial charge in [0.2, 0.25) is 0 Å². The number of aliphatic imine (C=N–C) groups is 1. The fraction of sp³-hybridized carbons (Fsp3) is 0.281. The van der Waals surface area contributed by atoms with Gasteiger partial charge in [-0.05, 0) is 59.8 Å².